The molecule has 1 aromatic rings. The standard InChI is InChI=1S/C8H9NO3S/c10-5-6-1-2-7-4-9-13(11,12)8(7)3-6/h1-3,9-10H,4-5H2. The third-order valence-corrected chi connectivity index (χ3v) is 3.54. The molecular weight excluding hydrogens is 190 g/mol. The predicted molar refractivity (Wildman–Crippen MR) is 46.4 cm³/mol. The van der Waals surface area contributed by atoms with Crippen molar-refractivity contribution in [2.75, 3.05) is 0 Å². The van der Waals surface area contributed by atoms with Gasteiger partial charge in [-0.25, -0.2) is 13.1 Å². The van der Waals surface area contributed by atoms with Crippen LogP contribution in [-0.2, 0) is 23.2 Å². The highest BCUT2D eigenvalue weighted by Crippen LogP contribution is 2.23. The average Bonchev–Trinajstić information content (AvgIpc) is 2.42. The first-order chi connectivity index (χ1) is 6.13. The molecule has 0 fully saturated rings. The Morgan fingerprint density at radius 3 is 2.92 bits per heavy atom. The molecule has 0 unspecified atom stereocenters. The number of nitrogens with one attached hydrogen (secondary N) is 1. The lowest BCUT2D eigenvalue weighted by atomic mass is 10.1. The van der Waals surface area contributed by atoms with E-state index in [0.29, 0.717) is 17.0 Å². The normalized spacial score (nSPS) is 18.5. The highest BCUT2D eigenvalue weighted by molar-refractivity contribution is 7.89. The van der Waals surface area contributed by atoms with Crippen molar-refractivity contribution >= 4 is 10.0 Å². The van der Waals surface area contributed by atoms with Gasteiger partial charge < -0.3 is 5.11 Å². The van der Waals surface area contributed by atoms with Crippen LogP contribution in [0.5, 0.6) is 0 Å². The van der Waals surface area contributed by atoms with Crippen LogP contribution >= 0.6 is 0 Å². The van der Waals surface area contributed by atoms with Gasteiger partial charge in [-0.05, 0) is 17.2 Å². The number of sulfonamides is 1. The largest absolute Gasteiger partial charge is 0.392 e. The fourth-order valence-corrected chi connectivity index (χ4v) is 2.64. The Labute approximate surface area is 76.3 Å². The Balaban J connectivity index is 2.63. The Morgan fingerprint density at radius 2 is 2.23 bits per heavy atom. The number of hydrogen-bond acceptors (Lipinski definition) is 3. The first kappa shape index (κ1) is 8.68. The van der Waals surface area contributed by atoms with Crippen LogP contribution in [0.2, 0.25) is 0 Å². The lowest BCUT2D eigenvalue weighted by Gasteiger charge is -1.99. The molecule has 2 rings (SSSR count). The zero-order valence-corrected chi connectivity index (χ0v) is 7.63. The molecule has 5 heteroatoms. The third kappa shape index (κ3) is 1.35. The van der Waals surface area contributed by atoms with E-state index in [2.05, 4.69) is 4.72 Å². The van der Waals surface area contributed by atoms with E-state index < -0.39 is 10.0 Å². The molecule has 0 spiro atoms. The number of fused-ring (bicyclic) bond motifs is 1. The molecule has 1 aromatic carbocycles. The molecule has 0 aliphatic carbocycles. The van der Waals surface area contributed by atoms with Gasteiger partial charge in [-0.15, -0.1) is 0 Å². The summed E-state index contributed by atoms with van der Waals surface area (Å²) in [7, 11) is -3.30. The van der Waals surface area contributed by atoms with Crippen molar-refractivity contribution in [3.63, 3.8) is 0 Å². The van der Waals surface area contributed by atoms with Gasteiger partial charge in [0.15, 0.2) is 0 Å². The maximum atomic E-state index is 11.3. The van der Waals surface area contributed by atoms with Crippen LogP contribution in [0.4, 0.5) is 0 Å². The smallest absolute Gasteiger partial charge is 0.241 e. The highest BCUT2D eigenvalue weighted by Gasteiger charge is 2.25. The highest BCUT2D eigenvalue weighted by atomic mass is 32.2. The Hall–Kier alpha value is -0.910. The van der Waals surface area contributed by atoms with Gasteiger partial charge in [-0.2, -0.15) is 0 Å². The number of hydrogen-bond donors (Lipinski definition) is 2. The van der Waals surface area contributed by atoms with Gasteiger partial charge in [-0.3, -0.25) is 0 Å². The van der Waals surface area contributed by atoms with E-state index in [9.17, 15) is 8.42 Å². The first-order valence-corrected chi connectivity index (χ1v) is 5.34. The zero-order chi connectivity index (χ0) is 9.47. The van der Waals surface area contributed by atoms with Gasteiger partial charge >= 0.3 is 0 Å². The summed E-state index contributed by atoms with van der Waals surface area (Å²) in [6, 6.07) is 4.95. The van der Waals surface area contributed by atoms with E-state index in [1.807, 2.05) is 0 Å². The summed E-state index contributed by atoms with van der Waals surface area (Å²) >= 11 is 0. The average molecular weight is 199 g/mol. The molecule has 0 saturated carbocycles. The second-order valence-electron chi connectivity index (χ2n) is 2.92. The molecule has 0 amide bonds. The van der Waals surface area contributed by atoms with Crippen LogP contribution in [0.3, 0.4) is 0 Å². The molecule has 1 aliphatic rings. The van der Waals surface area contributed by atoms with E-state index >= 15 is 0 Å². The van der Waals surface area contributed by atoms with Gasteiger partial charge in [0.2, 0.25) is 10.0 Å². The van der Waals surface area contributed by atoms with Crippen LogP contribution in [0.1, 0.15) is 11.1 Å². The van der Waals surface area contributed by atoms with E-state index in [-0.39, 0.29) is 6.61 Å². The topological polar surface area (TPSA) is 66.4 Å². The molecule has 0 atom stereocenters. The van der Waals surface area contributed by atoms with Crippen LogP contribution in [0.25, 0.3) is 0 Å². The van der Waals surface area contributed by atoms with Crippen molar-refractivity contribution in [3.8, 4) is 0 Å². The minimum atomic E-state index is -3.30. The number of benzene rings is 1. The summed E-state index contributed by atoms with van der Waals surface area (Å²) in [6.45, 7) is 0.214. The van der Waals surface area contributed by atoms with Gasteiger partial charge in [0.1, 0.15) is 0 Å². The first-order valence-electron chi connectivity index (χ1n) is 3.86. The molecule has 0 radical (unpaired) electrons. The summed E-state index contributed by atoms with van der Waals surface area (Å²) < 4.78 is 25.1. The Kier molecular flexibility index (Phi) is 1.87. The molecule has 2 N–H and O–H groups in total. The maximum Gasteiger partial charge on any atom is 0.241 e. The number of aliphatic hydroxyl groups excluding tert-OH is 1. The van der Waals surface area contributed by atoms with Crippen molar-refractivity contribution in [3.05, 3.63) is 29.3 Å². The fourth-order valence-electron chi connectivity index (χ4n) is 1.34. The predicted octanol–water partition coefficient (Wildman–Crippen LogP) is -0.0292. The van der Waals surface area contributed by atoms with Gasteiger partial charge in [0.25, 0.3) is 0 Å². The van der Waals surface area contributed by atoms with Gasteiger partial charge in [-0.1, -0.05) is 12.1 Å². The summed E-state index contributed by atoms with van der Waals surface area (Å²) in [5, 5.41) is 8.82. The molecule has 0 aromatic heterocycles. The second kappa shape index (κ2) is 2.80. The van der Waals surface area contributed by atoms with E-state index in [4.69, 9.17) is 5.11 Å². The van der Waals surface area contributed by atoms with Crippen LogP contribution in [0.15, 0.2) is 23.1 Å². The van der Waals surface area contributed by atoms with E-state index in [0.717, 1.165) is 5.56 Å². The van der Waals surface area contributed by atoms with Gasteiger partial charge in [0, 0.05) is 6.54 Å². The summed E-state index contributed by atoms with van der Waals surface area (Å²) in [4.78, 5) is 0.291. The monoisotopic (exact) mass is 199 g/mol. The lowest BCUT2D eigenvalue weighted by molar-refractivity contribution is 0.281. The minimum absolute atomic E-state index is 0.136. The lowest BCUT2D eigenvalue weighted by Crippen LogP contribution is -2.13. The van der Waals surface area contributed by atoms with Crippen molar-refractivity contribution in [2.24, 2.45) is 0 Å². The zero-order valence-electron chi connectivity index (χ0n) is 6.82. The number of aliphatic hydroxyl groups is 1. The molecular formula is C8H9NO3S. The van der Waals surface area contributed by atoms with Crippen LogP contribution in [0, 0.1) is 0 Å². The quantitative estimate of drug-likeness (QED) is 0.667. The van der Waals surface area contributed by atoms with Gasteiger partial charge in [0.05, 0.1) is 11.5 Å². The Bertz CT molecular complexity index is 439. The van der Waals surface area contributed by atoms with Crippen molar-refractivity contribution in [1.82, 2.24) is 4.72 Å². The maximum absolute atomic E-state index is 11.3. The molecule has 13 heavy (non-hydrogen) atoms. The third-order valence-electron chi connectivity index (χ3n) is 2.06. The second-order valence-corrected chi connectivity index (χ2v) is 4.66. The van der Waals surface area contributed by atoms with E-state index in [1.165, 1.54) is 6.07 Å². The minimum Gasteiger partial charge on any atom is -0.392 e. The van der Waals surface area contributed by atoms with Crippen molar-refractivity contribution in [1.29, 1.82) is 0 Å². The fraction of sp³-hybridized carbons (Fsp3) is 0.250. The van der Waals surface area contributed by atoms with Crippen LogP contribution < -0.4 is 4.72 Å². The summed E-state index contributed by atoms with van der Waals surface area (Å²) in [5.41, 5.74) is 1.38. The van der Waals surface area contributed by atoms with Crippen molar-refractivity contribution < 1.29 is 13.5 Å². The van der Waals surface area contributed by atoms with E-state index in [1.54, 1.807) is 12.1 Å². The SMILES string of the molecule is O=S1(=O)NCc2ccc(CO)cc21. The molecule has 1 aliphatic heterocycles. The molecule has 0 bridgehead atoms. The Morgan fingerprint density at radius 1 is 1.46 bits per heavy atom. The van der Waals surface area contributed by atoms with Crippen molar-refractivity contribution in [2.45, 2.75) is 18.0 Å². The number of rotatable bonds is 1. The molecule has 1 heterocycles. The molecule has 70 valence electrons. The van der Waals surface area contributed by atoms with Crippen LogP contribution in [-0.4, -0.2) is 13.5 Å². The summed E-state index contributed by atoms with van der Waals surface area (Å²) in [6.07, 6.45) is 0. The summed E-state index contributed by atoms with van der Waals surface area (Å²) in [5.74, 6) is 0. The molecule has 4 nitrogen and oxygen atoms in total. The molecule has 0 saturated heterocycles.